The van der Waals surface area contributed by atoms with E-state index in [1.165, 1.54) is 6.07 Å². The molecule has 98 valence electrons. The van der Waals surface area contributed by atoms with Crippen molar-refractivity contribution in [3.05, 3.63) is 28.8 Å². The van der Waals surface area contributed by atoms with Crippen molar-refractivity contribution >= 4 is 17.3 Å². The van der Waals surface area contributed by atoms with Crippen molar-refractivity contribution in [3.63, 3.8) is 0 Å². The Kier molecular flexibility index (Phi) is 2.94. The van der Waals surface area contributed by atoms with Crippen LogP contribution in [-0.2, 0) is 0 Å². The highest BCUT2D eigenvalue weighted by molar-refractivity contribution is 6.30. The third kappa shape index (κ3) is 1.88. The molecule has 0 bridgehead atoms. The average molecular weight is 273 g/mol. The SMILES string of the molecule is Fc1c(Cl)ccc(N2CCC3(CC2)CNC3)c1F. The van der Waals surface area contributed by atoms with Crippen molar-refractivity contribution in [3.8, 4) is 0 Å². The molecule has 2 nitrogen and oxygen atoms in total. The fraction of sp³-hybridized carbons (Fsp3) is 0.538. The second-order valence-electron chi connectivity index (χ2n) is 5.29. The number of hydrogen-bond acceptors (Lipinski definition) is 2. The van der Waals surface area contributed by atoms with E-state index >= 15 is 0 Å². The van der Waals surface area contributed by atoms with Gasteiger partial charge in [0.25, 0.3) is 0 Å². The summed E-state index contributed by atoms with van der Waals surface area (Å²) in [5.41, 5.74) is 0.733. The zero-order chi connectivity index (χ0) is 12.8. The van der Waals surface area contributed by atoms with Gasteiger partial charge in [0, 0.05) is 26.2 Å². The van der Waals surface area contributed by atoms with Gasteiger partial charge in [-0.05, 0) is 30.4 Å². The van der Waals surface area contributed by atoms with Crippen LogP contribution < -0.4 is 10.2 Å². The molecule has 0 saturated carbocycles. The maximum atomic E-state index is 13.8. The first-order valence-corrected chi connectivity index (χ1v) is 6.58. The number of piperidine rings is 1. The number of halogens is 3. The molecular weight excluding hydrogens is 258 g/mol. The van der Waals surface area contributed by atoms with Crippen molar-refractivity contribution < 1.29 is 8.78 Å². The number of hydrogen-bond donors (Lipinski definition) is 1. The summed E-state index contributed by atoms with van der Waals surface area (Å²) < 4.78 is 27.3. The highest BCUT2D eigenvalue weighted by atomic mass is 35.5. The lowest BCUT2D eigenvalue weighted by Crippen LogP contribution is -2.58. The maximum Gasteiger partial charge on any atom is 0.183 e. The number of benzene rings is 1. The molecule has 1 N–H and O–H groups in total. The van der Waals surface area contributed by atoms with Crippen LogP contribution in [0.2, 0.25) is 5.02 Å². The van der Waals surface area contributed by atoms with Gasteiger partial charge in [-0.3, -0.25) is 0 Å². The van der Waals surface area contributed by atoms with E-state index in [1.54, 1.807) is 6.07 Å². The first-order valence-electron chi connectivity index (χ1n) is 6.21. The molecule has 0 aliphatic carbocycles. The highest BCUT2D eigenvalue weighted by Crippen LogP contribution is 2.37. The molecule has 18 heavy (non-hydrogen) atoms. The van der Waals surface area contributed by atoms with E-state index in [9.17, 15) is 8.78 Å². The number of rotatable bonds is 1. The fourth-order valence-corrected chi connectivity index (χ4v) is 2.96. The standard InChI is InChI=1S/C13H15ClF2N2/c14-9-1-2-10(12(16)11(9)15)18-5-3-13(4-6-18)7-17-8-13/h1-2,17H,3-8H2. The monoisotopic (exact) mass is 272 g/mol. The summed E-state index contributed by atoms with van der Waals surface area (Å²) in [6, 6.07) is 2.99. The van der Waals surface area contributed by atoms with E-state index in [2.05, 4.69) is 5.32 Å². The predicted octanol–water partition coefficient (Wildman–Crippen LogP) is 2.81. The van der Waals surface area contributed by atoms with E-state index in [4.69, 9.17) is 11.6 Å². The van der Waals surface area contributed by atoms with Crippen molar-refractivity contribution in [1.29, 1.82) is 0 Å². The molecule has 2 aliphatic rings. The van der Waals surface area contributed by atoms with Gasteiger partial charge in [-0.25, -0.2) is 8.78 Å². The Bertz CT molecular complexity index is 464. The Morgan fingerprint density at radius 1 is 1.11 bits per heavy atom. The van der Waals surface area contributed by atoms with Crippen LogP contribution in [0.15, 0.2) is 12.1 Å². The van der Waals surface area contributed by atoms with E-state index in [-0.39, 0.29) is 5.02 Å². The second kappa shape index (κ2) is 4.35. The van der Waals surface area contributed by atoms with Crippen LogP contribution in [0.25, 0.3) is 0 Å². The van der Waals surface area contributed by atoms with Crippen LogP contribution in [0, 0.1) is 17.0 Å². The minimum atomic E-state index is -0.945. The average Bonchev–Trinajstić information content (AvgIpc) is 2.35. The smallest absolute Gasteiger partial charge is 0.183 e. The van der Waals surface area contributed by atoms with E-state index in [0.29, 0.717) is 11.1 Å². The summed E-state index contributed by atoms with van der Waals surface area (Å²) in [7, 11) is 0. The quantitative estimate of drug-likeness (QED) is 0.791. The third-order valence-electron chi connectivity index (χ3n) is 4.18. The zero-order valence-electron chi connectivity index (χ0n) is 9.98. The van der Waals surface area contributed by atoms with Crippen LogP contribution in [0.3, 0.4) is 0 Å². The summed E-state index contributed by atoms with van der Waals surface area (Å²) >= 11 is 5.56. The largest absolute Gasteiger partial charge is 0.369 e. The second-order valence-corrected chi connectivity index (χ2v) is 5.69. The molecule has 0 amide bonds. The van der Waals surface area contributed by atoms with E-state index in [1.807, 2.05) is 4.90 Å². The van der Waals surface area contributed by atoms with Crippen LogP contribution in [-0.4, -0.2) is 26.2 Å². The van der Waals surface area contributed by atoms with Gasteiger partial charge in [0.2, 0.25) is 0 Å². The molecule has 3 rings (SSSR count). The number of nitrogens with zero attached hydrogens (tertiary/aromatic N) is 1. The normalized spacial score (nSPS) is 22.1. The Morgan fingerprint density at radius 3 is 2.33 bits per heavy atom. The Hall–Kier alpha value is -0.870. The summed E-state index contributed by atoms with van der Waals surface area (Å²) in [4.78, 5) is 1.91. The lowest BCUT2D eigenvalue weighted by Gasteiger charge is -2.48. The molecule has 0 unspecified atom stereocenters. The molecule has 2 heterocycles. The van der Waals surface area contributed by atoms with E-state index < -0.39 is 11.6 Å². The molecule has 1 spiro atoms. The van der Waals surface area contributed by atoms with Crippen molar-refractivity contribution in [2.75, 3.05) is 31.1 Å². The van der Waals surface area contributed by atoms with Gasteiger partial charge in [0.15, 0.2) is 11.6 Å². The molecule has 0 atom stereocenters. The van der Waals surface area contributed by atoms with Crippen molar-refractivity contribution in [2.24, 2.45) is 5.41 Å². The summed E-state index contributed by atoms with van der Waals surface area (Å²) in [5.74, 6) is -1.77. The highest BCUT2D eigenvalue weighted by Gasteiger charge is 2.40. The van der Waals surface area contributed by atoms with Gasteiger partial charge in [-0.1, -0.05) is 11.6 Å². The van der Waals surface area contributed by atoms with Crippen molar-refractivity contribution in [2.45, 2.75) is 12.8 Å². The van der Waals surface area contributed by atoms with Gasteiger partial charge in [0.1, 0.15) is 0 Å². The first-order chi connectivity index (χ1) is 8.61. The Labute approximate surface area is 110 Å². The zero-order valence-corrected chi connectivity index (χ0v) is 10.7. The summed E-state index contributed by atoms with van der Waals surface area (Å²) in [6.45, 7) is 3.66. The predicted molar refractivity (Wildman–Crippen MR) is 68.1 cm³/mol. The molecule has 0 radical (unpaired) electrons. The summed E-state index contributed by atoms with van der Waals surface area (Å²) in [6.07, 6.45) is 2.06. The topological polar surface area (TPSA) is 15.3 Å². The van der Waals surface area contributed by atoms with Gasteiger partial charge in [-0.15, -0.1) is 0 Å². The van der Waals surface area contributed by atoms with Gasteiger partial charge in [0.05, 0.1) is 10.7 Å². The minimum Gasteiger partial charge on any atom is -0.369 e. The van der Waals surface area contributed by atoms with Crippen LogP contribution in [0.1, 0.15) is 12.8 Å². The van der Waals surface area contributed by atoms with Crippen LogP contribution >= 0.6 is 11.6 Å². The lowest BCUT2D eigenvalue weighted by atomic mass is 9.73. The van der Waals surface area contributed by atoms with E-state index in [0.717, 1.165) is 39.0 Å². The lowest BCUT2D eigenvalue weighted by molar-refractivity contribution is 0.126. The Balaban J connectivity index is 1.78. The molecule has 1 aromatic carbocycles. The maximum absolute atomic E-state index is 13.8. The van der Waals surface area contributed by atoms with Crippen molar-refractivity contribution in [1.82, 2.24) is 5.32 Å². The molecule has 2 fully saturated rings. The van der Waals surface area contributed by atoms with Gasteiger partial charge < -0.3 is 10.2 Å². The van der Waals surface area contributed by atoms with Gasteiger partial charge >= 0.3 is 0 Å². The molecule has 1 aromatic rings. The molecule has 2 aliphatic heterocycles. The van der Waals surface area contributed by atoms with Crippen LogP contribution in [0.5, 0.6) is 0 Å². The Morgan fingerprint density at radius 2 is 1.78 bits per heavy atom. The first kappa shape index (κ1) is 12.2. The molecule has 0 aromatic heterocycles. The molecule has 2 saturated heterocycles. The molecule has 5 heteroatoms. The van der Waals surface area contributed by atoms with Crippen LogP contribution in [0.4, 0.5) is 14.5 Å². The van der Waals surface area contributed by atoms with Gasteiger partial charge in [-0.2, -0.15) is 0 Å². The molecular formula is C13H15ClF2N2. The minimum absolute atomic E-state index is 0.159. The number of nitrogens with one attached hydrogen (secondary N) is 1. The third-order valence-corrected chi connectivity index (χ3v) is 4.47. The fourth-order valence-electron chi connectivity index (χ4n) is 2.81. The number of anilines is 1. The summed E-state index contributed by atoms with van der Waals surface area (Å²) in [5, 5.41) is 3.12.